The minimum Gasteiger partial charge on any atom is -0.363 e. The number of thioether (sulfide) groups is 1. The van der Waals surface area contributed by atoms with Crippen molar-refractivity contribution >= 4 is 23.3 Å². The fourth-order valence-corrected chi connectivity index (χ4v) is 2.64. The van der Waals surface area contributed by atoms with Gasteiger partial charge in [-0.2, -0.15) is 0 Å². The van der Waals surface area contributed by atoms with E-state index in [0.29, 0.717) is 12.4 Å². The van der Waals surface area contributed by atoms with E-state index in [1.807, 2.05) is 30.3 Å². The molecule has 0 saturated heterocycles. The Morgan fingerprint density at radius 1 is 1.30 bits per heavy atom. The van der Waals surface area contributed by atoms with E-state index < -0.39 is 4.92 Å². The highest BCUT2D eigenvalue weighted by molar-refractivity contribution is 8.00. The first-order valence-corrected chi connectivity index (χ1v) is 7.10. The number of benzene rings is 1. The maximum atomic E-state index is 10.9. The van der Waals surface area contributed by atoms with E-state index in [-0.39, 0.29) is 10.9 Å². The summed E-state index contributed by atoms with van der Waals surface area (Å²) >= 11 is 1.72. The summed E-state index contributed by atoms with van der Waals surface area (Å²) in [4.78, 5) is 15.6. The summed E-state index contributed by atoms with van der Waals surface area (Å²) in [6.07, 6.45) is 1.55. The third-order valence-electron chi connectivity index (χ3n) is 2.62. The summed E-state index contributed by atoms with van der Waals surface area (Å²) < 4.78 is 0. The molecule has 1 aromatic heterocycles. The topological polar surface area (TPSA) is 68.1 Å². The molecular weight excluding hydrogens is 274 g/mol. The standard InChI is InChI=1S/C14H15N3O2S/c1-11(20-12-6-3-2-4-7-12)10-16-14-13(17(18)19)8-5-9-15-14/h2-9,11H,10H2,1H3,(H,15,16). The van der Waals surface area contributed by atoms with Gasteiger partial charge >= 0.3 is 5.69 Å². The second-order valence-corrected chi connectivity index (χ2v) is 5.76. The number of hydrogen-bond donors (Lipinski definition) is 1. The molecule has 104 valence electrons. The normalized spacial score (nSPS) is 11.8. The van der Waals surface area contributed by atoms with E-state index in [2.05, 4.69) is 17.2 Å². The molecule has 20 heavy (non-hydrogen) atoms. The van der Waals surface area contributed by atoms with E-state index in [4.69, 9.17) is 0 Å². The fraction of sp³-hybridized carbons (Fsp3) is 0.214. The summed E-state index contributed by atoms with van der Waals surface area (Å²) in [5, 5.41) is 14.2. The number of pyridine rings is 1. The third-order valence-corrected chi connectivity index (χ3v) is 3.73. The average Bonchev–Trinajstić information content (AvgIpc) is 2.46. The van der Waals surface area contributed by atoms with E-state index in [1.165, 1.54) is 11.0 Å². The van der Waals surface area contributed by atoms with Crippen LogP contribution in [-0.2, 0) is 0 Å². The molecular formula is C14H15N3O2S. The molecule has 0 aliphatic heterocycles. The van der Waals surface area contributed by atoms with Gasteiger partial charge in [-0.1, -0.05) is 25.1 Å². The first kappa shape index (κ1) is 14.3. The quantitative estimate of drug-likeness (QED) is 0.500. The van der Waals surface area contributed by atoms with Gasteiger partial charge in [-0.25, -0.2) is 4.98 Å². The van der Waals surface area contributed by atoms with Crippen molar-refractivity contribution < 1.29 is 4.92 Å². The van der Waals surface area contributed by atoms with Crippen molar-refractivity contribution in [3.8, 4) is 0 Å². The van der Waals surface area contributed by atoms with Gasteiger partial charge < -0.3 is 5.32 Å². The largest absolute Gasteiger partial charge is 0.363 e. The number of aromatic nitrogens is 1. The first-order chi connectivity index (χ1) is 9.66. The first-order valence-electron chi connectivity index (χ1n) is 6.22. The molecule has 0 spiro atoms. The Hall–Kier alpha value is -2.08. The predicted molar refractivity (Wildman–Crippen MR) is 81.1 cm³/mol. The van der Waals surface area contributed by atoms with Gasteiger partial charge in [0, 0.05) is 29.0 Å². The Kier molecular flexibility index (Phi) is 4.95. The molecule has 0 fully saturated rings. The molecule has 2 rings (SSSR count). The zero-order valence-corrected chi connectivity index (χ0v) is 11.8. The molecule has 6 heteroatoms. The van der Waals surface area contributed by atoms with Gasteiger partial charge in [-0.3, -0.25) is 10.1 Å². The Balaban J connectivity index is 1.94. The second-order valence-electron chi connectivity index (χ2n) is 4.25. The Bertz CT molecular complexity index is 578. The SMILES string of the molecule is CC(CNc1ncccc1[N+](=O)[O-])Sc1ccccc1. The number of anilines is 1. The van der Waals surface area contributed by atoms with Crippen LogP contribution in [0.1, 0.15) is 6.92 Å². The van der Waals surface area contributed by atoms with Gasteiger partial charge in [0.15, 0.2) is 0 Å². The number of nitrogens with one attached hydrogen (secondary N) is 1. The zero-order chi connectivity index (χ0) is 14.4. The number of rotatable bonds is 6. The summed E-state index contributed by atoms with van der Waals surface area (Å²) in [5.74, 6) is 0.318. The van der Waals surface area contributed by atoms with Gasteiger partial charge in [0.1, 0.15) is 0 Å². The van der Waals surface area contributed by atoms with Crippen molar-refractivity contribution in [3.05, 3.63) is 58.8 Å². The monoisotopic (exact) mass is 289 g/mol. The summed E-state index contributed by atoms with van der Waals surface area (Å²) in [7, 11) is 0. The smallest absolute Gasteiger partial charge is 0.311 e. The van der Waals surface area contributed by atoms with Gasteiger partial charge in [-0.15, -0.1) is 11.8 Å². The average molecular weight is 289 g/mol. The maximum Gasteiger partial charge on any atom is 0.311 e. The molecule has 0 amide bonds. The van der Waals surface area contributed by atoms with Gasteiger partial charge in [0.25, 0.3) is 0 Å². The lowest BCUT2D eigenvalue weighted by Gasteiger charge is -2.12. The van der Waals surface area contributed by atoms with Crippen LogP contribution >= 0.6 is 11.8 Å². The number of nitrogens with zero attached hydrogens (tertiary/aromatic N) is 2. The van der Waals surface area contributed by atoms with E-state index in [1.54, 1.807) is 24.0 Å². The van der Waals surface area contributed by atoms with Crippen LogP contribution in [0.2, 0.25) is 0 Å². The van der Waals surface area contributed by atoms with E-state index in [0.717, 1.165) is 0 Å². The van der Waals surface area contributed by atoms with Crippen molar-refractivity contribution in [2.75, 3.05) is 11.9 Å². The highest BCUT2D eigenvalue weighted by Crippen LogP contribution is 2.24. The molecule has 2 aromatic rings. The van der Waals surface area contributed by atoms with Crippen LogP contribution < -0.4 is 5.32 Å². The van der Waals surface area contributed by atoms with Crippen molar-refractivity contribution in [2.24, 2.45) is 0 Å². The molecule has 1 atom stereocenters. The van der Waals surface area contributed by atoms with Gasteiger partial charge in [-0.05, 0) is 18.2 Å². The third kappa shape index (κ3) is 3.96. The van der Waals surface area contributed by atoms with Crippen LogP contribution in [0.5, 0.6) is 0 Å². The maximum absolute atomic E-state index is 10.9. The summed E-state index contributed by atoms with van der Waals surface area (Å²) in [6, 6.07) is 13.1. The molecule has 1 N–H and O–H groups in total. The minimum absolute atomic E-state index is 0.00408. The van der Waals surface area contributed by atoms with Crippen molar-refractivity contribution in [2.45, 2.75) is 17.1 Å². The van der Waals surface area contributed by atoms with Crippen LogP contribution in [0.3, 0.4) is 0 Å². The van der Waals surface area contributed by atoms with Crippen LogP contribution in [0.4, 0.5) is 11.5 Å². The van der Waals surface area contributed by atoms with E-state index in [9.17, 15) is 10.1 Å². The summed E-state index contributed by atoms with van der Waals surface area (Å²) in [6.45, 7) is 2.68. The molecule has 5 nitrogen and oxygen atoms in total. The van der Waals surface area contributed by atoms with Crippen LogP contribution in [0.25, 0.3) is 0 Å². The fourth-order valence-electron chi connectivity index (χ4n) is 1.69. The van der Waals surface area contributed by atoms with Crippen molar-refractivity contribution in [1.29, 1.82) is 0 Å². The Labute approximate surface area is 121 Å². The number of nitro groups is 1. The molecule has 0 radical (unpaired) electrons. The summed E-state index contributed by atoms with van der Waals surface area (Å²) in [5.41, 5.74) is 0.00408. The van der Waals surface area contributed by atoms with E-state index >= 15 is 0 Å². The van der Waals surface area contributed by atoms with Crippen LogP contribution in [-0.4, -0.2) is 21.7 Å². The Morgan fingerprint density at radius 2 is 2.05 bits per heavy atom. The molecule has 1 unspecified atom stereocenters. The molecule has 0 bridgehead atoms. The molecule has 0 aliphatic rings. The molecule has 1 heterocycles. The van der Waals surface area contributed by atoms with Gasteiger partial charge in [0.05, 0.1) is 4.92 Å². The molecule has 0 saturated carbocycles. The van der Waals surface area contributed by atoms with Crippen molar-refractivity contribution in [3.63, 3.8) is 0 Å². The zero-order valence-electron chi connectivity index (χ0n) is 11.0. The lowest BCUT2D eigenvalue weighted by Crippen LogP contribution is -2.14. The second kappa shape index (κ2) is 6.91. The lowest BCUT2D eigenvalue weighted by molar-refractivity contribution is -0.384. The lowest BCUT2D eigenvalue weighted by atomic mass is 10.3. The molecule has 0 aliphatic carbocycles. The number of hydrogen-bond acceptors (Lipinski definition) is 5. The minimum atomic E-state index is -0.426. The van der Waals surface area contributed by atoms with Crippen molar-refractivity contribution in [1.82, 2.24) is 4.98 Å². The highest BCUT2D eigenvalue weighted by Gasteiger charge is 2.14. The highest BCUT2D eigenvalue weighted by atomic mass is 32.2. The van der Waals surface area contributed by atoms with Gasteiger partial charge in [0.2, 0.25) is 5.82 Å². The predicted octanol–water partition coefficient (Wildman–Crippen LogP) is 3.58. The van der Waals surface area contributed by atoms with Crippen LogP contribution in [0, 0.1) is 10.1 Å². The van der Waals surface area contributed by atoms with Crippen LogP contribution in [0.15, 0.2) is 53.6 Å². The Morgan fingerprint density at radius 3 is 2.75 bits per heavy atom. The molecule has 1 aromatic carbocycles.